The first kappa shape index (κ1) is 14.3. The Labute approximate surface area is 128 Å². The molecule has 0 bridgehead atoms. The minimum atomic E-state index is -0.454. The minimum absolute atomic E-state index is 0.0455. The van der Waals surface area contributed by atoms with Gasteiger partial charge in [-0.2, -0.15) is 0 Å². The van der Waals surface area contributed by atoms with Crippen LogP contribution in [0.15, 0.2) is 36.4 Å². The van der Waals surface area contributed by atoms with Crippen LogP contribution in [0.2, 0.25) is 0 Å². The van der Waals surface area contributed by atoms with E-state index in [0.717, 1.165) is 5.56 Å². The van der Waals surface area contributed by atoms with Gasteiger partial charge in [-0.15, -0.1) is 0 Å². The third kappa shape index (κ3) is 3.00. The Bertz CT molecular complexity index is 603. The molecule has 2 saturated heterocycles. The topological polar surface area (TPSA) is 78.5 Å². The molecule has 0 spiro atoms. The monoisotopic (exact) mass is 299 g/mol. The van der Waals surface area contributed by atoms with Crippen LogP contribution < -0.4 is 10.6 Å². The number of carbonyl (C=O) groups is 3. The third-order valence-electron chi connectivity index (χ3n) is 3.91. The molecule has 2 fully saturated rings. The highest BCUT2D eigenvalue weighted by molar-refractivity contribution is 5.96. The first-order valence-electron chi connectivity index (χ1n) is 7.24. The lowest BCUT2D eigenvalue weighted by atomic mass is 10.1. The summed E-state index contributed by atoms with van der Waals surface area (Å²) in [6.07, 6.45) is 3.66. The summed E-state index contributed by atoms with van der Waals surface area (Å²) in [7, 11) is 0. The van der Waals surface area contributed by atoms with Gasteiger partial charge in [0.1, 0.15) is 6.04 Å². The molecule has 3 amide bonds. The van der Waals surface area contributed by atoms with Gasteiger partial charge in [-0.3, -0.25) is 14.4 Å². The van der Waals surface area contributed by atoms with E-state index in [9.17, 15) is 14.4 Å². The van der Waals surface area contributed by atoms with Crippen LogP contribution in [0, 0.1) is 0 Å². The fourth-order valence-electron chi connectivity index (χ4n) is 2.83. The van der Waals surface area contributed by atoms with Crippen molar-refractivity contribution in [2.75, 3.05) is 13.1 Å². The van der Waals surface area contributed by atoms with E-state index in [-0.39, 0.29) is 30.3 Å². The Hall–Kier alpha value is -2.63. The summed E-state index contributed by atoms with van der Waals surface area (Å²) in [6.45, 7) is 0.436. The molecular weight excluding hydrogens is 282 g/mol. The summed E-state index contributed by atoms with van der Waals surface area (Å²) in [4.78, 5) is 37.0. The van der Waals surface area contributed by atoms with E-state index in [4.69, 9.17) is 0 Å². The molecule has 1 aromatic carbocycles. The molecule has 0 unspecified atom stereocenters. The predicted molar refractivity (Wildman–Crippen MR) is 80.5 cm³/mol. The normalized spacial score (nSPS) is 24.3. The van der Waals surface area contributed by atoms with Crippen LogP contribution in [-0.2, 0) is 14.4 Å². The van der Waals surface area contributed by atoms with Crippen molar-refractivity contribution in [3.05, 3.63) is 42.0 Å². The van der Waals surface area contributed by atoms with Gasteiger partial charge in [0.25, 0.3) is 0 Å². The molecule has 114 valence electrons. The van der Waals surface area contributed by atoms with Crippen molar-refractivity contribution in [2.24, 2.45) is 0 Å². The van der Waals surface area contributed by atoms with E-state index in [1.165, 1.54) is 6.08 Å². The molecule has 22 heavy (non-hydrogen) atoms. The van der Waals surface area contributed by atoms with Gasteiger partial charge in [0.2, 0.25) is 17.7 Å². The van der Waals surface area contributed by atoms with Gasteiger partial charge in [0.05, 0.1) is 6.54 Å². The summed E-state index contributed by atoms with van der Waals surface area (Å²) in [6, 6.07) is 8.88. The minimum Gasteiger partial charge on any atom is -0.348 e. The Balaban J connectivity index is 1.58. The van der Waals surface area contributed by atoms with Gasteiger partial charge in [-0.25, -0.2) is 0 Å². The zero-order valence-corrected chi connectivity index (χ0v) is 12.0. The molecule has 0 aromatic heterocycles. The molecule has 6 nitrogen and oxygen atoms in total. The first-order chi connectivity index (χ1) is 10.6. The number of nitrogens with one attached hydrogen (secondary N) is 2. The van der Waals surface area contributed by atoms with E-state index in [0.29, 0.717) is 13.0 Å². The molecule has 2 N–H and O–H groups in total. The quantitative estimate of drug-likeness (QED) is 0.766. The van der Waals surface area contributed by atoms with Gasteiger partial charge in [-0.1, -0.05) is 30.3 Å². The second-order valence-corrected chi connectivity index (χ2v) is 5.46. The van der Waals surface area contributed by atoms with Crippen molar-refractivity contribution >= 4 is 23.8 Å². The zero-order valence-electron chi connectivity index (χ0n) is 12.0. The van der Waals surface area contributed by atoms with Crippen LogP contribution in [0.1, 0.15) is 12.0 Å². The number of nitrogens with zero attached hydrogens (tertiary/aromatic N) is 1. The molecule has 0 aliphatic carbocycles. The Morgan fingerprint density at radius 2 is 2.05 bits per heavy atom. The molecule has 1 aromatic rings. The second kappa shape index (κ2) is 6.01. The highest BCUT2D eigenvalue weighted by atomic mass is 16.2. The van der Waals surface area contributed by atoms with Crippen LogP contribution >= 0.6 is 0 Å². The Kier molecular flexibility index (Phi) is 3.91. The number of hydrogen-bond donors (Lipinski definition) is 2. The molecular formula is C16H17N3O3. The third-order valence-corrected chi connectivity index (χ3v) is 3.91. The maximum atomic E-state index is 11.9. The molecule has 3 rings (SSSR count). The van der Waals surface area contributed by atoms with Crippen LogP contribution in [0.3, 0.4) is 0 Å². The van der Waals surface area contributed by atoms with E-state index < -0.39 is 6.04 Å². The highest BCUT2D eigenvalue weighted by Crippen LogP contribution is 2.20. The average molecular weight is 299 g/mol. The maximum Gasteiger partial charge on any atom is 0.244 e. The van der Waals surface area contributed by atoms with Gasteiger partial charge in [-0.05, 0) is 18.1 Å². The molecule has 0 radical (unpaired) electrons. The zero-order chi connectivity index (χ0) is 15.5. The van der Waals surface area contributed by atoms with Gasteiger partial charge < -0.3 is 15.5 Å². The standard InChI is InChI=1S/C16H17N3O3/c20-14(7-6-11-4-2-1-3-5-11)18-12-8-13-16(22)17-9-15(21)19(13)10-12/h1-7,12-13H,8-10H2,(H,17,22)(H,18,20)/t12-,13-/m0/s1. The van der Waals surface area contributed by atoms with E-state index in [2.05, 4.69) is 10.6 Å². The van der Waals surface area contributed by atoms with Crippen LogP contribution in [0.4, 0.5) is 0 Å². The molecule has 0 saturated carbocycles. The van der Waals surface area contributed by atoms with Crippen molar-refractivity contribution in [3.8, 4) is 0 Å². The second-order valence-electron chi connectivity index (χ2n) is 5.46. The van der Waals surface area contributed by atoms with Crippen molar-refractivity contribution in [2.45, 2.75) is 18.5 Å². The summed E-state index contributed by atoms with van der Waals surface area (Å²) in [5.41, 5.74) is 0.941. The lowest BCUT2D eigenvalue weighted by molar-refractivity contribution is -0.143. The fourth-order valence-corrected chi connectivity index (χ4v) is 2.83. The van der Waals surface area contributed by atoms with Crippen molar-refractivity contribution < 1.29 is 14.4 Å². The first-order valence-corrected chi connectivity index (χ1v) is 7.24. The van der Waals surface area contributed by atoms with Crippen molar-refractivity contribution in [1.29, 1.82) is 0 Å². The molecule has 2 aliphatic heterocycles. The number of piperazine rings is 1. The number of carbonyl (C=O) groups excluding carboxylic acids is 3. The summed E-state index contributed by atoms with van der Waals surface area (Å²) in [5.74, 6) is -0.459. The summed E-state index contributed by atoms with van der Waals surface area (Å²) >= 11 is 0. The van der Waals surface area contributed by atoms with Gasteiger partial charge in [0.15, 0.2) is 0 Å². The van der Waals surface area contributed by atoms with Crippen LogP contribution in [0.25, 0.3) is 6.08 Å². The van der Waals surface area contributed by atoms with Crippen LogP contribution in [0.5, 0.6) is 0 Å². The molecule has 2 atom stereocenters. The lowest BCUT2D eigenvalue weighted by Crippen LogP contribution is -2.55. The lowest BCUT2D eigenvalue weighted by Gasteiger charge is -2.28. The number of fused-ring (bicyclic) bond motifs is 1. The Morgan fingerprint density at radius 3 is 2.77 bits per heavy atom. The van der Waals surface area contributed by atoms with Gasteiger partial charge >= 0.3 is 0 Å². The van der Waals surface area contributed by atoms with E-state index in [1.807, 2.05) is 30.3 Å². The SMILES string of the molecule is O=C(C=Cc1ccccc1)N[C@H]1C[C@H]2C(=O)NCC(=O)N2C1. The highest BCUT2D eigenvalue weighted by Gasteiger charge is 2.42. The van der Waals surface area contributed by atoms with Crippen molar-refractivity contribution in [3.63, 3.8) is 0 Å². The smallest absolute Gasteiger partial charge is 0.244 e. The number of hydrogen-bond acceptors (Lipinski definition) is 3. The average Bonchev–Trinajstić information content (AvgIpc) is 2.95. The number of benzene rings is 1. The number of amides is 3. The molecule has 2 heterocycles. The fraction of sp³-hybridized carbons (Fsp3) is 0.312. The molecule has 6 heteroatoms. The molecule has 2 aliphatic rings. The maximum absolute atomic E-state index is 11.9. The van der Waals surface area contributed by atoms with E-state index in [1.54, 1.807) is 11.0 Å². The van der Waals surface area contributed by atoms with Crippen molar-refractivity contribution in [1.82, 2.24) is 15.5 Å². The number of rotatable bonds is 3. The summed E-state index contributed by atoms with van der Waals surface area (Å²) < 4.78 is 0. The summed E-state index contributed by atoms with van der Waals surface area (Å²) in [5, 5.41) is 5.41. The largest absolute Gasteiger partial charge is 0.348 e. The van der Waals surface area contributed by atoms with Gasteiger partial charge in [0, 0.05) is 18.7 Å². The predicted octanol–water partition coefficient (Wildman–Crippen LogP) is -0.0847. The Morgan fingerprint density at radius 1 is 1.27 bits per heavy atom. The van der Waals surface area contributed by atoms with E-state index >= 15 is 0 Å². The van der Waals surface area contributed by atoms with Crippen LogP contribution in [-0.4, -0.2) is 47.8 Å².